The Kier molecular flexibility index (Phi) is 4.56. The van der Waals surface area contributed by atoms with Crippen LogP contribution < -0.4 is 10.1 Å². The Morgan fingerprint density at radius 1 is 1.29 bits per heavy atom. The highest BCUT2D eigenvalue weighted by Gasteiger charge is 2.29. The lowest BCUT2D eigenvalue weighted by molar-refractivity contribution is 0.289. The Balaban J connectivity index is 1.44. The van der Waals surface area contributed by atoms with Crippen LogP contribution in [0.1, 0.15) is 41.1 Å². The van der Waals surface area contributed by atoms with Gasteiger partial charge in [-0.2, -0.15) is 0 Å². The van der Waals surface area contributed by atoms with Crippen LogP contribution in [0.4, 0.5) is 0 Å². The predicted octanol–water partition coefficient (Wildman–Crippen LogP) is 3.75. The monoisotopic (exact) mass is 302 g/mol. The van der Waals surface area contributed by atoms with Gasteiger partial charge in [-0.05, 0) is 42.9 Å². The average molecular weight is 302 g/mol. The minimum Gasteiger partial charge on any atom is -0.497 e. The van der Waals surface area contributed by atoms with Gasteiger partial charge in [-0.1, -0.05) is 19.1 Å². The van der Waals surface area contributed by atoms with Crippen molar-refractivity contribution in [2.75, 3.05) is 7.11 Å². The van der Waals surface area contributed by atoms with E-state index in [2.05, 4.69) is 41.5 Å². The molecule has 4 heteroatoms. The van der Waals surface area contributed by atoms with Crippen molar-refractivity contribution in [2.24, 2.45) is 0 Å². The fourth-order valence-electron chi connectivity index (χ4n) is 2.76. The van der Waals surface area contributed by atoms with Crippen molar-refractivity contribution >= 4 is 11.3 Å². The molecule has 0 saturated heterocycles. The summed E-state index contributed by atoms with van der Waals surface area (Å²) in [5.74, 6) is 1.62. The van der Waals surface area contributed by atoms with E-state index in [4.69, 9.17) is 4.74 Å². The third kappa shape index (κ3) is 3.44. The minimum atomic E-state index is 0.631. The number of hydrogen-bond donors (Lipinski definition) is 1. The average Bonchev–Trinajstić information content (AvgIpc) is 2.94. The molecule has 0 aliphatic heterocycles. The Bertz CT molecular complexity index is 573. The van der Waals surface area contributed by atoms with Gasteiger partial charge in [-0.15, -0.1) is 11.3 Å². The maximum atomic E-state index is 5.20. The maximum absolute atomic E-state index is 5.20. The molecule has 1 heterocycles. The van der Waals surface area contributed by atoms with Crippen LogP contribution in [-0.2, 0) is 13.0 Å². The third-order valence-electron chi connectivity index (χ3n) is 4.22. The molecule has 0 unspecified atom stereocenters. The van der Waals surface area contributed by atoms with Gasteiger partial charge in [-0.3, -0.25) is 0 Å². The Hall–Kier alpha value is -1.39. The lowest BCUT2D eigenvalue weighted by Crippen LogP contribution is -2.39. The highest BCUT2D eigenvalue weighted by atomic mass is 32.1. The van der Waals surface area contributed by atoms with Crippen LogP contribution in [0.5, 0.6) is 5.75 Å². The first kappa shape index (κ1) is 14.5. The Morgan fingerprint density at radius 2 is 2.05 bits per heavy atom. The summed E-state index contributed by atoms with van der Waals surface area (Å²) < 4.78 is 5.20. The van der Waals surface area contributed by atoms with Crippen LogP contribution >= 0.6 is 11.3 Å². The van der Waals surface area contributed by atoms with Gasteiger partial charge in [0.25, 0.3) is 0 Å². The molecule has 1 aliphatic carbocycles. The number of methoxy groups -OCH3 is 1. The highest BCUT2D eigenvalue weighted by molar-refractivity contribution is 7.11. The van der Waals surface area contributed by atoms with Gasteiger partial charge in [0, 0.05) is 23.7 Å². The topological polar surface area (TPSA) is 34.2 Å². The molecule has 1 aromatic carbocycles. The molecule has 3 rings (SSSR count). The van der Waals surface area contributed by atoms with E-state index < -0.39 is 0 Å². The van der Waals surface area contributed by atoms with Crippen LogP contribution in [0.15, 0.2) is 30.5 Å². The molecule has 0 spiro atoms. The van der Waals surface area contributed by atoms with Crippen molar-refractivity contribution in [2.45, 2.75) is 44.7 Å². The van der Waals surface area contributed by atoms with E-state index in [1.807, 2.05) is 17.5 Å². The predicted molar refractivity (Wildman–Crippen MR) is 87.1 cm³/mol. The number of hydrogen-bond acceptors (Lipinski definition) is 4. The quantitative estimate of drug-likeness (QED) is 0.882. The van der Waals surface area contributed by atoms with Crippen molar-refractivity contribution in [1.82, 2.24) is 10.3 Å². The molecule has 1 fully saturated rings. The van der Waals surface area contributed by atoms with Gasteiger partial charge in [-0.25, -0.2) is 4.98 Å². The van der Waals surface area contributed by atoms with Crippen molar-refractivity contribution < 1.29 is 4.74 Å². The van der Waals surface area contributed by atoms with Gasteiger partial charge in [0.05, 0.1) is 7.11 Å². The first-order valence-corrected chi connectivity index (χ1v) is 8.41. The highest BCUT2D eigenvalue weighted by Crippen LogP contribution is 2.37. The second-order valence-corrected chi connectivity index (χ2v) is 6.79. The van der Waals surface area contributed by atoms with E-state index in [1.54, 1.807) is 7.11 Å². The molecule has 0 amide bonds. The zero-order chi connectivity index (χ0) is 14.7. The fourth-order valence-corrected chi connectivity index (χ4v) is 3.57. The number of ether oxygens (including phenoxy) is 1. The lowest BCUT2D eigenvalue weighted by Gasteiger charge is -2.36. The van der Waals surface area contributed by atoms with Crippen LogP contribution in [0.25, 0.3) is 0 Å². The summed E-state index contributed by atoms with van der Waals surface area (Å²) in [5, 5.41) is 4.83. The molecular weight excluding hydrogens is 280 g/mol. The summed E-state index contributed by atoms with van der Waals surface area (Å²) >= 11 is 1.82. The summed E-state index contributed by atoms with van der Waals surface area (Å²) in [6.45, 7) is 3.08. The summed E-state index contributed by atoms with van der Waals surface area (Å²) in [6, 6.07) is 9.11. The number of aromatic nitrogens is 1. The maximum Gasteiger partial charge on any atom is 0.118 e. The minimum absolute atomic E-state index is 0.631. The third-order valence-corrected chi connectivity index (χ3v) is 5.36. The Labute approximate surface area is 130 Å². The van der Waals surface area contributed by atoms with Gasteiger partial charge in [0.1, 0.15) is 10.8 Å². The molecule has 1 saturated carbocycles. The van der Waals surface area contributed by atoms with E-state index in [9.17, 15) is 0 Å². The Morgan fingerprint density at radius 3 is 2.67 bits per heavy atom. The first-order valence-electron chi connectivity index (χ1n) is 7.59. The first-order chi connectivity index (χ1) is 10.3. The van der Waals surface area contributed by atoms with Crippen molar-refractivity contribution in [3.63, 3.8) is 0 Å². The summed E-state index contributed by atoms with van der Waals surface area (Å²) in [4.78, 5) is 5.83. The van der Waals surface area contributed by atoms with E-state index >= 15 is 0 Å². The molecular formula is C17H22N2OS. The van der Waals surface area contributed by atoms with Crippen LogP contribution in [-0.4, -0.2) is 18.1 Å². The van der Waals surface area contributed by atoms with Crippen molar-refractivity contribution in [3.05, 3.63) is 45.9 Å². The van der Waals surface area contributed by atoms with Crippen molar-refractivity contribution in [3.8, 4) is 5.75 Å². The molecule has 1 aliphatic rings. The number of rotatable bonds is 6. The molecule has 0 atom stereocenters. The zero-order valence-electron chi connectivity index (χ0n) is 12.6. The lowest BCUT2D eigenvalue weighted by atomic mass is 9.76. The number of nitrogens with one attached hydrogen (secondary N) is 1. The SMILES string of the molecule is CCc1cnc(CNC2CC(c3ccc(OC)cc3)C2)s1. The largest absolute Gasteiger partial charge is 0.497 e. The van der Waals surface area contributed by atoms with Gasteiger partial charge in [0.2, 0.25) is 0 Å². The van der Waals surface area contributed by atoms with Gasteiger partial charge < -0.3 is 10.1 Å². The fraction of sp³-hybridized carbons (Fsp3) is 0.471. The second-order valence-electron chi connectivity index (χ2n) is 5.59. The van der Waals surface area contributed by atoms with Crippen molar-refractivity contribution in [1.29, 1.82) is 0 Å². The molecule has 0 radical (unpaired) electrons. The standard InChI is InChI=1S/C17H22N2OS/c1-3-16-10-19-17(21-16)11-18-14-8-13(9-14)12-4-6-15(20-2)7-5-12/h4-7,10,13-14,18H,3,8-9,11H2,1-2H3. The molecule has 1 aromatic heterocycles. The van der Waals surface area contributed by atoms with E-state index in [0.717, 1.165) is 18.7 Å². The zero-order valence-corrected chi connectivity index (χ0v) is 13.5. The van der Waals surface area contributed by atoms with Gasteiger partial charge >= 0.3 is 0 Å². The summed E-state index contributed by atoms with van der Waals surface area (Å²) in [5.41, 5.74) is 1.43. The molecule has 0 bridgehead atoms. The molecule has 2 aromatic rings. The molecule has 3 nitrogen and oxygen atoms in total. The molecule has 112 valence electrons. The van der Waals surface area contributed by atoms with E-state index in [-0.39, 0.29) is 0 Å². The number of thiazole rings is 1. The number of nitrogens with zero attached hydrogens (tertiary/aromatic N) is 1. The molecule has 1 N–H and O–H groups in total. The molecule has 21 heavy (non-hydrogen) atoms. The van der Waals surface area contributed by atoms with E-state index in [0.29, 0.717) is 12.0 Å². The van der Waals surface area contributed by atoms with E-state index in [1.165, 1.54) is 28.3 Å². The number of benzene rings is 1. The van der Waals surface area contributed by atoms with Crippen LogP contribution in [0.2, 0.25) is 0 Å². The van der Waals surface area contributed by atoms with Crippen LogP contribution in [0.3, 0.4) is 0 Å². The van der Waals surface area contributed by atoms with Gasteiger partial charge in [0.15, 0.2) is 0 Å². The second kappa shape index (κ2) is 6.58. The number of aryl methyl sites for hydroxylation is 1. The summed E-state index contributed by atoms with van der Waals surface area (Å²) in [7, 11) is 1.71. The summed E-state index contributed by atoms with van der Waals surface area (Å²) in [6.07, 6.45) is 5.53. The smallest absolute Gasteiger partial charge is 0.118 e. The van der Waals surface area contributed by atoms with Crippen LogP contribution in [0, 0.1) is 0 Å². The normalized spacial score (nSPS) is 21.0.